The number of hydrogen-bond donors (Lipinski definition) is 1. The van der Waals surface area contributed by atoms with Gasteiger partial charge in [0.1, 0.15) is 10.8 Å². The van der Waals surface area contributed by atoms with Gasteiger partial charge in [-0.05, 0) is 105 Å². The van der Waals surface area contributed by atoms with Crippen LogP contribution < -0.4 is 0 Å². The summed E-state index contributed by atoms with van der Waals surface area (Å²) in [4.78, 5) is 15.9. The Morgan fingerprint density at radius 3 is 1.82 bits per heavy atom. The number of nitrogens with zero attached hydrogens (tertiary/aromatic N) is 3. The summed E-state index contributed by atoms with van der Waals surface area (Å²) in [6, 6.07) is 43.8. The molecule has 5 aromatic carbocycles. The molecule has 4 nitrogen and oxygen atoms in total. The molecule has 0 fully saturated rings. The summed E-state index contributed by atoms with van der Waals surface area (Å²) < 4.78 is 0. The predicted octanol–water partition coefficient (Wildman–Crippen LogP) is 12.1. The molecule has 2 heterocycles. The van der Waals surface area contributed by atoms with Crippen molar-refractivity contribution in [2.75, 3.05) is 0 Å². The summed E-state index contributed by atoms with van der Waals surface area (Å²) >= 11 is 1.63. The lowest BCUT2D eigenvalue weighted by Gasteiger charge is -2.26. The summed E-state index contributed by atoms with van der Waals surface area (Å²) in [6.07, 6.45) is 1.82. The second kappa shape index (κ2) is 13.2. The Morgan fingerprint density at radius 1 is 0.540 bits per heavy atom. The molecule has 0 saturated heterocycles. The number of phenolic OH excluding ortho intramolecular Hbond substituents is 1. The Balaban J connectivity index is 1.49. The van der Waals surface area contributed by atoms with Crippen LogP contribution in [0.3, 0.4) is 0 Å². The third-order valence-corrected chi connectivity index (χ3v) is 9.92. The molecule has 248 valence electrons. The van der Waals surface area contributed by atoms with Gasteiger partial charge in [-0.3, -0.25) is 0 Å². The number of phenols is 1. The molecule has 5 heteroatoms. The van der Waals surface area contributed by atoms with Crippen molar-refractivity contribution in [3.8, 4) is 50.8 Å². The fourth-order valence-corrected chi connectivity index (χ4v) is 7.01. The highest BCUT2D eigenvalue weighted by atomic mass is 32.2. The number of fused-ring (bicyclic) bond motifs is 1. The standard InChI is InChI=1S/C45H41N3OS/c1-44(2,3)33-23-32(24-34(27-33)45(4,5)6)40-28-39(47-43(48-40)38-17-9-10-19-41(38)49)31-22-30(25-35(26-31)50-42-20-11-12-21-46-42)37-18-13-15-29-14-7-8-16-36(29)37/h7-28,49H,1-6H3. The van der Waals surface area contributed by atoms with Crippen LogP contribution >= 0.6 is 11.8 Å². The van der Waals surface area contributed by atoms with Crippen molar-refractivity contribution in [1.82, 2.24) is 15.0 Å². The molecule has 0 saturated carbocycles. The number of pyridine rings is 1. The van der Waals surface area contributed by atoms with Gasteiger partial charge in [0, 0.05) is 22.2 Å². The zero-order valence-corrected chi connectivity index (χ0v) is 30.2. The van der Waals surface area contributed by atoms with Crippen LogP contribution in [0.25, 0.3) is 55.8 Å². The second-order valence-electron chi connectivity index (χ2n) is 14.8. The number of aromatic hydroxyl groups is 1. The van der Waals surface area contributed by atoms with Crippen molar-refractivity contribution >= 4 is 22.5 Å². The summed E-state index contributed by atoms with van der Waals surface area (Å²) in [5.41, 5.74) is 8.76. The smallest absolute Gasteiger partial charge is 0.164 e. The van der Waals surface area contributed by atoms with Crippen LogP contribution in [0.1, 0.15) is 52.7 Å². The maximum atomic E-state index is 11.0. The van der Waals surface area contributed by atoms with E-state index < -0.39 is 0 Å². The summed E-state index contributed by atoms with van der Waals surface area (Å²) in [7, 11) is 0. The highest BCUT2D eigenvalue weighted by Crippen LogP contribution is 2.40. The van der Waals surface area contributed by atoms with Crippen molar-refractivity contribution in [1.29, 1.82) is 0 Å². The summed E-state index contributed by atoms with van der Waals surface area (Å²) in [6.45, 7) is 13.5. The Hall–Kier alpha value is -5.26. The normalized spacial score (nSPS) is 12.0. The average molecular weight is 672 g/mol. The minimum Gasteiger partial charge on any atom is -0.507 e. The van der Waals surface area contributed by atoms with Crippen LogP contribution in [-0.2, 0) is 10.8 Å². The van der Waals surface area contributed by atoms with Crippen molar-refractivity contribution in [3.63, 3.8) is 0 Å². The van der Waals surface area contributed by atoms with Gasteiger partial charge in [-0.1, -0.05) is 120 Å². The topological polar surface area (TPSA) is 58.9 Å². The van der Waals surface area contributed by atoms with E-state index in [0.29, 0.717) is 11.4 Å². The molecular formula is C45H41N3OS. The lowest BCUT2D eigenvalue weighted by Crippen LogP contribution is -2.16. The molecule has 1 N–H and O–H groups in total. The van der Waals surface area contributed by atoms with Gasteiger partial charge in [-0.25, -0.2) is 15.0 Å². The predicted molar refractivity (Wildman–Crippen MR) is 209 cm³/mol. The quantitative estimate of drug-likeness (QED) is 0.191. The van der Waals surface area contributed by atoms with Gasteiger partial charge in [0.2, 0.25) is 0 Å². The van der Waals surface area contributed by atoms with Gasteiger partial charge in [0.25, 0.3) is 0 Å². The lowest BCUT2D eigenvalue weighted by atomic mass is 9.79. The Labute approximate surface area is 299 Å². The van der Waals surface area contributed by atoms with E-state index in [9.17, 15) is 5.11 Å². The van der Waals surface area contributed by atoms with Crippen molar-refractivity contribution < 1.29 is 5.11 Å². The zero-order chi connectivity index (χ0) is 35.0. The molecule has 0 radical (unpaired) electrons. The molecular weight excluding hydrogens is 631 g/mol. The maximum absolute atomic E-state index is 11.0. The van der Waals surface area contributed by atoms with Crippen LogP contribution in [0.2, 0.25) is 0 Å². The van der Waals surface area contributed by atoms with E-state index in [1.54, 1.807) is 17.8 Å². The molecule has 0 bridgehead atoms. The van der Waals surface area contributed by atoms with Gasteiger partial charge in [-0.15, -0.1) is 0 Å². The van der Waals surface area contributed by atoms with E-state index in [1.807, 2.05) is 42.6 Å². The number of aromatic nitrogens is 3. The molecule has 0 aliphatic carbocycles. The van der Waals surface area contributed by atoms with Gasteiger partial charge in [-0.2, -0.15) is 0 Å². The third-order valence-electron chi connectivity index (χ3n) is 9.00. The largest absolute Gasteiger partial charge is 0.507 e. The molecule has 7 aromatic rings. The molecule has 0 atom stereocenters. The molecule has 2 aromatic heterocycles. The van der Waals surface area contributed by atoms with Crippen LogP contribution in [0.4, 0.5) is 0 Å². The maximum Gasteiger partial charge on any atom is 0.164 e. The number of rotatable bonds is 6. The molecule has 0 aliphatic heterocycles. The monoisotopic (exact) mass is 671 g/mol. The minimum atomic E-state index is -0.0587. The van der Waals surface area contributed by atoms with Crippen LogP contribution in [0.5, 0.6) is 5.75 Å². The first-order valence-electron chi connectivity index (χ1n) is 17.0. The SMILES string of the molecule is CC(C)(C)c1cc(-c2cc(-c3cc(Sc4ccccn4)cc(-c4cccc5ccccc45)c3)nc(-c3ccccc3O)n2)cc(C(C)(C)C)c1. The minimum absolute atomic E-state index is 0.0587. The van der Waals surface area contributed by atoms with E-state index >= 15 is 0 Å². The number of hydrogen-bond acceptors (Lipinski definition) is 5. The van der Waals surface area contributed by atoms with Crippen molar-refractivity contribution in [3.05, 3.63) is 145 Å². The van der Waals surface area contributed by atoms with Gasteiger partial charge < -0.3 is 5.11 Å². The molecule has 0 unspecified atom stereocenters. The Bertz CT molecular complexity index is 2300. The van der Waals surface area contributed by atoms with Gasteiger partial charge in [0.05, 0.1) is 17.0 Å². The second-order valence-corrected chi connectivity index (χ2v) is 15.9. The van der Waals surface area contributed by atoms with Gasteiger partial charge in [0.15, 0.2) is 5.82 Å². The highest BCUT2D eigenvalue weighted by Gasteiger charge is 2.23. The van der Waals surface area contributed by atoms with Crippen molar-refractivity contribution in [2.24, 2.45) is 0 Å². The number of para-hydroxylation sites is 1. The molecule has 0 spiro atoms. The molecule has 0 aliphatic rings. The van der Waals surface area contributed by atoms with E-state index in [-0.39, 0.29) is 16.6 Å². The lowest BCUT2D eigenvalue weighted by molar-refractivity contribution is 0.477. The van der Waals surface area contributed by atoms with E-state index in [1.165, 1.54) is 21.9 Å². The van der Waals surface area contributed by atoms with E-state index in [2.05, 4.69) is 131 Å². The highest BCUT2D eigenvalue weighted by molar-refractivity contribution is 7.99. The molecule has 7 rings (SSSR count). The van der Waals surface area contributed by atoms with Crippen LogP contribution in [0, 0.1) is 0 Å². The zero-order valence-electron chi connectivity index (χ0n) is 29.4. The first-order chi connectivity index (χ1) is 23.9. The molecule has 0 amide bonds. The van der Waals surface area contributed by atoms with Crippen molar-refractivity contribution in [2.45, 2.75) is 62.3 Å². The fourth-order valence-electron chi connectivity index (χ4n) is 6.13. The first kappa shape index (κ1) is 33.2. The first-order valence-corrected chi connectivity index (χ1v) is 17.8. The van der Waals surface area contributed by atoms with E-state index in [0.717, 1.165) is 43.6 Å². The molecule has 50 heavy (non-hydrogen) atoms. The van der Waals surface area contributed by atoms with Crippen LogP contribution in [0.15, 0.2) is 144 Å². The van der Waals surface area contributed by atoms with E-state index in [4.69, 9.17) is 9.97 Å². The summed E-state index contributed by atoms with van der Waals surface area (Å²) in [5.74, 6) is 0.619. The summed E-state index contributed by atoms with van der Waals surface area (Å²) in [5, 5.41) is 14.3. The fraction of sp³-hybridized carbons (Fsp3) is 0.178. The average Bonchev–Trinajstić information content (AvgIpc) is 3.11. The Morgan fingerprint density at radius 2 is 1.14 bits per heavy atom. The third kappa shape index (κ3) is 7.05. The Kier molecular flexibility index (Phi) is 8.79. The van der Waals surface area contributed by atoms with Gasteiger partial charge >= 0.3 is 0 Å². The van der Waals surface area contributed by atoms with Crippen LogP contribution in [-0.4, -0.2) is 20.1 Å². The number of benzene rings is 5.